The summed E-state index contributed by atoms with van der Waals surface area (Å²) in [6, 6.07) is 0. The van der Waals surface area contributed by atoms with E-state index in [2.05, 4.69) is 18.1 Å². The molecule has 3 heteroatoms. The van der Waals surface area contributed by atoms with Crippen LogP contribution in [0.15, 0.2) is 25.6 Å². The van der Waals surface area contributed by atoms with E-state index in [9.17, 15) is 4.79 Å². The molecule has 0 bridgehead atoms. The first kappa shape index (κ1) is 11.8. The maximum absolute atomic E-state index is 10.7. The van der Waals surface area contributed by atoms with E-state index in [1.54, 1.807) is 11.1 Å². The Morgan fingerprint density at radius 2 is 1.67 bits per heavy atom. The third-order valence-electron chi connectivity index (χ3n) is 2.73. The Labute approximate surface area is 92.0 Å². The standard InChI is InChI=1S/C6H9NO.C6H11N/c1-2-7-5-3-4-6(7)8;1-2-7-5-3-4-6-7/h2H,1,3-5H2;2H,1,3-6H2. The number of hydrogen-bond donors (Lipinski definition) is 0. The van der Waals surface area contributed by atoms with Crippen LogP contribution in [-0.4, -0.2) is 35.3 Å². The lowest BCUT2D eigenvalue weighted by Crippen LogP contribution is -2.16. The van der Waals surface area contributed by atoms with Gasteiger partial charge in [0.25, 0.3) is 0 Å². The molecular weight excluding hydrogens is 188 g/mol. The highest BCUT2D eigenvalue weighted by Gasteiger charge is 2.15. The van der Waals surface area contributed by atoms with Gasteiger partial charge in [-0.05, 0) is 31.7 Å². The molecule has 1 amide bonds. The molecule has 2 fully saturated rings. The predicted molar refractivity (Wildman–Crippen MR) is 62.1 cm³/mol. The Balaban J connectivity index is 0.000000151. The van der Waals surface area contributed by atoms with Crippen molar-refractivity contribution in [2.75, 3.05) is 19.6 Å². The van der Waals surface area contributed by atoms with Crippen molar-refractivity contribution >= 4 is 5.91 Å². The van der Waals surface area contributed by atoms with Gasteiger partial charge < -0.3 is 9.80 Å². The van der Waals surface area contributed by atoms with Gasteiger partial charge in [-0.1, -0.05) is 13.2 Å². The fourth-order valence-corrected chi connectivity index (χ4v) is 1.79. The lowest BCUT2D eigenvalue weighted by atomic mass is 10.4. The highest BCUT2D eigenvalue weighted by molar-refractivity contribution is 5.78. The first-order chi connectivity index (χ1) is 7.27. The molecule has 0 atom stereocenters. The van der Waals surface area contributed by atoms with E-state index >= 15 is 0 Å². The maximum Gasteiger partial charge on any atom is 0.226 e. The van der Waals surface area contributed by atoms with E-state index in [4.69, 9.17) is 0 Å². The summed E-state index contributed by atoms with van der Waals surface area (Å²) in [5, 5.41) is 0. The average molecular weight is 208 g/mol. The van der Waals surface area contributed by atoms with Gasteiger partial charge in [-0.15, -0.1) is 0 Å². The van der Waals surface area contributed by atoms with Gasteiger partial charge in [0.2, 0.25) is 5.91 Å². The maximum atomic E-state index is 10.7. The van der Waals surface area contributed by atoms with Crippen molar-refractivity contribution in [3.8, 4) is 0 Å². The topological polar surface area (TPSA) is 23.6 Å². The number of carbonyl (C=O) groups excluding carboxylic acids is 1. The summed E-state index contributed by atoms with van der Waals surface area (Å²) >= 11 is 0. The second kappa shape index (κ2) is 6.27. The molecule has 84 valence electrons. The molecule has 0 saturated carbocycles. The molecule has 0 radical (unpaired) electrons. The number of rotatable bonds is 2. The molecule has 15 heavy (non-hydrogen) atoms. The Morgan fingerprint density at radius 1 is 1.00 bits per heavy atom. The van der Waals surface area contributed by atoms with Crippen molar-refractivity contribution < 1.29 is 4.79 Å². The van der Waals surface area contributed by atoms with Crippen molar-refractivity contribution in [3.63, 3.8) is 0 Å². The van der Waals surface area contributed by atoms with Crippen LogP contribution in [0.4, 0.5) is 0 Å². The lowest BCUT2D eigenvalue weighted by molar-refractivity contribution is -0.125. The Hall–Kier alpha value is -1.25. The summed E-state index contributed by atoms with van der Waals surface area (Å²) in [7, 11) is 0. The van der Waals surface area contributed by atoms with Crippen LogP contribution in [0.5, 0.6) is 0 Å². The number of likely N-dealkylation sites (tertiary alicyclic amines) is 2. The quantitative estimate of drug-likeness (QED) is 0.692. The van der Waals surface area contributed by atoms with E-state index in [1.165, 1.54) is 25.9 Å². The fourth-order valence-electron chi connectivity index (χ4n) is 1.79. The van der Waals surface area contributed by atoms with Crippen molar-refractivity contribution in [3.05, 3.63) is 25.6 Å². The molecule has 2 rings (SSSR count). The van der Waals surface area contributed by atoms with E-state index in [-0.39, 0.29) is 5.91 Å². The first-order valence-electron chi connectivity index (χ1n) is 5.56. The molecular formula is C12H20N2O. The molecule has 0 aromatic carbocycles. The van der Waals surface area contributed by atoms with Crippen LogP contribution in [0.3, 0.4) is 0 Å². The second-order valence-corrected chi connectivity index (χ2v) is 3.80. The molecule has 0 unspecified atom stereocenters. The molecule has 0 spiro atoms. The van der Waals surface area contributed by atoms with E-state index in [0.717, 1.165) is 13.0 Å². The highest BCUT2D eigenvalue weighted by atomic mass is 16.2. The number of nitrogens with zero attached hydrogens (tertiary/aromatic N) is 2. The minimum atomic E-state index is 0.208. The molecule has 0 aliphatic carbocycles. The van der Waals surface area contributed by atoms with Gasteiger partial charge in [-0.2, -0.15) is 0 Å². The minimum Gasteiger partial charge on any atom is -0.378 e. The van der Waals surface area contributed by atoms with Gasteiger partial charge in [0, 0.05) is 26.1 Å². The van der Waals surface area contributed by atoms with E-state index < -0.39 is 0 Å². The molecule has 0 aromatic rings. The smallest absolute Gasteiger partial charge is 0.226 e. The SMILES string of the molecule is C=CN1CCCC1.C=CN1CCCC1=O. The highest BCUT2D eigenvalue weighted by Crippen LogP contribution is 2.08. The van der Waals surface area contributed by atoms with Crippen LogP contribution >= 0.6 is 0 Å². The van der Waals surface area contributed by atoms with Crippen LogP contribution in [0.2, 0.25) is 0 Å². The Morgan fingerprint density at radius 3 is 1.93 bits per heavy atom. The Bertz CT molecular complexity index is 232. The summed E-state index contributed by atoms with van der Waals surface area (Å²) in [4.78, 5) is 14.6. The van der Waals surface area contributed by atoms with Crippen molar-refractivity contribution in [1.29, 1.82) is 0 Å². The average Bonchev–Trinajstić information content (AvgIpc) is 2.88. The Kier molecular flexibility index (Phi) is 4.95. The van der Waals surface area contributed by atoms with Crippen LogP contribution < -0.4 is 0 Å². The molecule has 2 saturated heterocycles. The van der Waals surface area contributed by atoms with Gasteiger partial charge in [0.05, 0.1) is 0 Å². The molecule has 0 N–H and O–H groups in total. The van der Waals surface area contributed by atoms with Gasteiger partial charge in [0.1, 0.15) is 0 Å². The van der Waals surface area contributed by atoms with Crippen molar-refractivity contribution in [2.24, 2.45) is 0 Å². The molecule has 0 aromatic heterocycles. The van der Waals surface area contributed by atoms with Crippen LogP contribution in [-0.2, 0) is 4.79 Å². The zero-order valence-corrected chi connectivity index (χ0v) is 9.32. The normalized spacial score (nSPS) is 19.9. The van der Waals surface area contributed by atoms with Gasteiger partial charge in [0.15, 0.2) is 0 Å². The summed E-state index contributed by atoms with van der Waals surface area (Å²) in [6.45, 7) is 10.5. The fraction of sp³-hybridized carbons (Fsp3) is 0.583. The van der Waals surface area contributed by atoms with Crippen LogP contribution in [0, 0.1) is 0 Å². The zero-order valence-electron chi connectivity index (χ0n) is 9.32. The third-order valence-corrected chi connectivity index (χ3v) is 2.73. The van der Waals surface area contributed by atoms with Gasteiger partial charge in [-0.3, -0.25) is 4.79 Å². The van der Waals surface area contributed by atoms with E-state index in [1.807, 2.05) is 6.20 Å². The minimum absolute atomic E-state index is 0.208. The molecule has 2 aliphatic rings. The van der Waals surface area contributed by atoms with Crippen molar-refractivity contribution in [1.82, 2.24) is 9.80 Å². The third kappa shape index (κ3) is 3.78. The summed E-state index contributed by atoms with van der Waals surface area (Å²) in [5.41, 5.74) is 0. The predicted octanol–water partition coefficient (Wildman–Crippen LogP) is 1.98. The van der Waals surface area contributed by atoms with Crippen LogP contribution in [0.1, 0.15) is 25.7 Å². The van der Waals surface area contributed by atoms with Crippen molar-refractivity contribution in [2.45, 2.75) is 25.7 Å². The van der Waals surface area contributed by atoms with E-state index in [0.29, 0.717) is 6.42 Å². The molecule has 2 heterocycles. The lowest BCUT2D eigenvalue weighted by Gasteiger charge is -2.07. The number of amides is 1. The summed E-state index contributed by atoms with van der Waals surface area (Å²) < 4.78 is 0. The summed E-state index contributed by atoms with van der Waals surface area (Å²) in [6.07, 6.45) is 7.91. The monoisotopic (exact) mass is 208 g/mol. The summed E-state index contributed by atoms with van der Waals surface area (Å²) in [5.74, 6) is 0.208. The molecule has 3 nitrogen and oxygen atoms in total. The number of carbonyl (C=O) groups is 1. The van der Waals surface area contributed by atoms with Crippen LogP contribution in [0.25, 0.3) is 0 Å². The number of hydrogen-bond acceptors (Lipinski definition) is 2. The largest absolute Gasteiger partial charge is 0.378 e. The zero-order chi connectivity index (χ0) is 11.1. The first-order valence-corrected chi connectivity index (χ1v) is 5.56. The second-order valence-electron chi connectivity index (χ2n) is 3.80. The van der Waals surface area contributed by atoms with Gasteiger partial charge >= 0.3 is 0 Å². The molecule has 2 aliphatic heterocycles. The van der Waals surface area contributed by atoms with Gasteiger partial charge in [-0.25, -0.2) is 0 Å².